The molecule has 7 heteroatoms. The monoisotopic (exact) mass is 372 g/mol. The van der Waals surface area contributed by atoms with E-state index < -0.39 is 11.9 Å². The van der Waals surface area contributed by atoms with Crippen molar-refractivity contribution in [2.75, 3.05) is 20.8 Å². The number of ether oxygens (including phenoxy) is 3. The highest BCUT2D eigenvalue weighted by atomic mass is 79.9. The van der Waals surface area contributed by atoms with Gasteiger partial charge in [0.15, 0.2) is 0 Å². The number of esters is 2. The number of carbonyl (C=O) groups excluding carboxylic acids is 2. The van der Waals surface area contributed by atoms with Crippen LogP contribution in [0, 0.1) is 0 Å². The third kappa shape index (κ3) is 2.89. The largest absolute Gasteiger partial charge is 0.496 e. The highest BCUT2D eigenvalue weighted by molar-refractivity contribution is 9.10. The fraction of sp³-hybridized carbons (Fsp3) is 0.286. The first kappa shape index (κ1) is 15.8. The molecule has 21 heavy (non-hydrogen) atoms. The van der Waals surface area contributed by atoms with Gasteiger partial charge in [0.1, 0.15) is 10.6 Å². The van der Waals surface area contributed by atoms with Gasteiger partial charge in [-0.3, -0.25) is 0 Å². The summed E-state index contributed by atoms with van der Waals surface area (Å²) in [6.45, 7) is 1.92. The van der Waals surface area contributed by atoms with Gasteiger partial charge in [-0.15, -0.1) is 11.3 Å². The molecule has 2 rings (SSSR count). The van der Waals surface area contributed by atoms with Gasteiger partial charge in [0.05, 0.1) is 31.8 Å². The molecule has 1 aromatic carbocycles. The molecule has 0 radical (unpaired) electrons. The molecule has 1 aromatic heterocycles. The van der Waals surface area contributed by atoms with E-state index in [1.807, 2.05) is 6.07 Å². The minimum atomic E-state index is -0.572. The minimum absolute atomic E-state index is 0.188. The molecule has 0 spiro atoms. The van der Waals surface area contributed by atoms with Crippen molar-refractivity contribution in [1.29, 1.82) is 0 Å². The quantitative estimate of drug-likeness (QED) is 0.766. The second kappa shape index (κ2) is 6.44. The summed E-state index contributed by atoms with van der Waals surface area (Å²) in [4.78, 5) is 24.4. The van der Waals surface area contributed by atoms with Crippen LogP contribution >= 0.6 is 27.3 Å². The molecular weight excluding hydrogens is 360 g/mol. The van der Waals surface area contributed by atoms with Crippen molar-refractivity contribution in [2.45, 2.75) is 6.92 Å². The Kier molecular flexibility index (Phi) is 4.84. The molecule has 1 heterocycles. The molecular formula is C14H13BrO5S. The highest BCUT2D eigenvalue weighted by Gasteiger charge is 2.27. The lowest BCUT2D eigenvalue weighted by atomic mass is 10.1. The van der Waals surface area contributed by atoms with Gasteiger partial charge in [-0.05, 0) is 19.1 Å². The van der Waals surface area contributed by atoms with E-state index in [0.717, 1.165) is 9.17 Å². The summed E-state index contributed by atoms with van der Waals surface area (Å²) >= 11 is 4.54. The summed E-state index contributed by atoms with van der Waals surface area (Å²) < 4.78 is 16.7. The molecule has 0 saturated carbocycles. The molecule has 0 aliphatic rings. The summed E-state index contributed by atoms with van der Waals surface area (Å²) in [6, 6.07) is 3.55. The predicted molar refractivity (Wildman–Crippen MR) is 83.4 cm³/mol. The Labute approximate surface area is 133 Å². The first-order valence-electron chi connectivity index (χ1n) is 6.08. The zero-order chi connectivity index (χ0) is 15.6. The van der Waals surface area contributed by atoms with Crippen LogP contribution < -0.4 is 4.74 Å². The third-order valence-corrected chi connectivity index (χ3v) is 4.36. The van der Waals surface area contributed by atoms with Crippen molar-refractivity contribution >= 4 is 49.3 Å². The lowest BCUT2D eigenvalue weighted by Gasteiger charge is -2.07. The maximum atomic E-state index is 12.2. The fourth-order valence-electron chi connectivity index (χ4n) is 1.95. The molecule has 5 nitrogen and oxygen atoms in total. The normalized spacial score (nSPS) is 10.5. The summed E-state index contributed by atoms with van der Waals surface area (Å²) in [5.74, 6) is -0.643. The van der Waals surface area contributed by atoms with Crippen LogP contribution in [0.25, 0.3) is 10.1 Å². The van der Waals surface area contributed by atoms with Crippen molar-refractivity contribution in [1.82, 2.24) is 0 Å². The average Bonchev–Trinajstić information content (AvgIpc) is 2.84. The Bertz CT molecular complexity index is 707. The number of benzene rings is 1. The van der Waals surface area contributed by atoms with Crippen molar-refractivity contribution < 1.29 is 23.8 Å². The van der Waals surface area contributed by atoms with Crippen LogP contribution in [0.1, 0.15) is 27.0 Å². The molecule has 112 valence electrons. The molecule has 2 aromatic rings. The van der Waals surface area contributed by atoms with Gasteiger partial charge in [0.25, 0.3) is 0 Å². The number of fused-ring (bicyclic) bond motifs is 1. The van der Waals surface area contributed by atoms with Crippen molar-refractivity contribution in [3.63, 3.8) is 0 Å². The molecule has 0 atom stereocenters. The highest BCUT2D eigenvalue weighted by Crippen LogP contribution is 2.40. The predicted octanol–water partition coefficient (Wildman–Crippen LogP) is 3.64. The number of rotatable bonds is 4. The van der Waals surface area contributed by atoms with E-state index in [2.05, 4.69) is 15.9 Å². The zero-order valence-corrected chi connectivity index (χ0v) is 14.1. The van der Waals surface area contributed by atoms with Gasteiger partial charge in [0.2, 0.25) is 0 Å². The van der Waals surface area contributed by atoms with E-state index in [-0.39, 0.29) is 17.0 Å². The van der Waals surface area contributed by atoms with E-state index in [9.17, 15) is 9.59 Å². The molecule has 0 amide bonds. The van der Waals surface area contributed by atoms with E-state index in [1.165, 1.54) is 25.6 Å². The van der Waals surface area contributed by atoms with E-state index in [0.29, 0.717) is 11.1 Å². The van der Waals surface area contributed by atoms with E-state index >= 15 is 0 Å². The van der Waals surface area contributed by atoms with Crippen LogP contribution in [0.2, 0.25) is 0 Å². The average molecular weight is 373 g/mol. The SMILES string of the molecule is CCOC(=O)c1c(C(=O)OC)sc2cc(Br)cc(OC)c12. The first-order chi connectivity index (χ1) is 10.0. The molecule has 0 aliphatic carbocycles. The van der Waals surface area contributed by atoms with Gasteiger partial charge in [-0.2, -0.15) is 0 Å². The Morgan fingerprint density at radius 1 is 1.24 bits per heavy atom. The number of thiophene rings is 1. The standard InChI is InChI=1S/C14H13BrO5S/c1-4-20-13(16)11-10-8(18-2)5-7(15)6-9(10)21-12(11)14(17)19-3/h5-6H,4H2,1-3H3. The summed E-state index contributed by atoms with van der Waals surface area (Å²) in [5, 5.41) is 0.560. The molecule has 0 bridgehead atoms. The van der Waals surface area contributed by atoms with Gasteiger partial charge in [-0.1, -0.05) is 15.9 Å². The first-order valence-corrected chi connectivity index (χ1v) is 7.69. The molecule has 0 fully saturated rings. The second-order valence-corrected chi connectivity index (χ2v) is 5.97. The lowest BCUT2D eigenvalue weighted by molar-refractivity contribution is 0.0509. The van der Waals surface area contributed by atoms with Gasteiger partial charge in [0, 0.05) is 9.17 Å². The van der Waals surface area contributed by atoms with E-state index in [1.54, 1.807) is 13.0 Å². The minimum Gasteiger partial charge on any atom is -0.496 e. The van der Waals surface area contributed by atoms with Gasteiger partial charge in [-0.25, -0.2) is 9.59 Å². The van der Waals surface area contributed by atoms with Crippen LogP contribution in [0.5, 0.6) is 5.75 Å². The molecule has 0 aliphatic heterocycles. The Morgan fingerprint density at radius 2 is 1.95 bits per heavy atom. The van der Waals surface area contributed by atoms with E-state index in [4.69, 9.17) is 14.2 Å². The summed E-state index contributed by atoms with van der Waals surface area (Å²) in [6.07, 6.45) is 0. The van der Waals surface area contributed by atoms with Crippen LogP contribution in [-0.2, 0) is 9.47 Å². The number of hydrogen-bond acceptors (Lipinski definition) is 6. The summed E-state index contributed by atoms with van der Waals surface area (Å²) in [5.41, 5.74) is 0.188. The van der Waals surface area contributed by atoms with Gasteiger partial charge >= 0.3 is 11.9 Å². The molecule has 0 saturated heterocycles. The topological polar surface area (TPSA) is 61.8 Å². The van der Waals surface area contributed by atoms with Crippen LogP contribution in [0.3, 0.4) is 0 Å². The molecule has 0 N–H and O–H groups in total. The lowest BCUT2D eigenvalue weighted by Crippen LogP contribution is -2.10. The van der Waals surface area contributed by atoms with Crippen LogP contribution in [-0.4, -0.2) is 32.8 Å². The Hall–Kier alpha value is -1.60. The Morgan fingerprint density at radius 3 is 2.52 bits per heavy atom. The van der Waals surface area contributed by atoms with Crippen molar-refractivity contribution in [3.8, 4) is 5.75 Å². The fourth-order valence-corrected chi connectivity index (χ4v) is 3.71. The zero-order valence-electron chi connectivity index (χ0n) is 11.7. The van der Waals surface area contributed by atoms with Gasteiger partial charge < -0.3 is 14.2 Å². The number of carbonyl (C=O) groups is 2. The van der Waals surface area contributed by atoms with Crippen LogP contribution in [0.4, 0.5) is 0 Å². The number of methoxy groups -OCH3 is 2. The maximum absolute atomic E-state index is 12.2. The van der Waals surface area contributed by atoms with Crippen LogP contribution in [0.15, 0.2) is 16.6 Å². The Balaban J connectivity index is 2.81. The maximum Gasteiger partial charge on any atom is 0.348 e. The third-order valence-electron chi connectivity index (χ3n) is 2.79. The number of hydrogen-bond donors (Lipinski definition) is 0. The smallest absolute Gasteiger partial charge is 0.348 e. The molecule has 0 unspecified atom stereocenters. The second-order valence-electron chi connectivity index (χ2n) is 4.00. The van der Waals surface area contributed by atoms with Crippen molar-refractivity contribution in [3.05, 3.63) is 27.0 Å². The van der Waals surface area contributed by atoms with Crippen molar-refractivity contribution in [2.24, 2.45) is 0 Å². The number of halogens is 1. The summed E-state index contributed by atoms with van der Waals surface area (Å²) in [7, 11) is 2.78.